The summed E-state index contributed by atoms with van der Waals surface area (Å²) < 4.78 is 6.58. The Hall–Kier alpha value is -2.90. The van der Waals surface area contributed by atoms with Crippen molar-refractivity contribution < 1.29 is 18.8 Å². The summed E-state index contributed by atoms with van der Waals surface area (Å²) in [5, 5.41) is 12.2. The van der Waals surface area contributed by atoms with Gasteiger partial charge in [0.15, 0.2) is 29.2 Å². The zero-order valence-corrected chi connectivity index (χ0v) is 15.7. The normalized spacial score (nSPS) is 25.2. The number of rotatable bonds is 4. The molecule has 8 heteroatoms. The number of Topliss-reactive ketones (excluding diaryl/α,β-unsaturated/α-hetero) is 2. The van der Waals surface area contributed by atoms with E-state index in [1.165, 1.54) is 10.9 Å². The van der Waals surface area contributed by atoms with Crippen molar-refractivity contribution in [3.05, 3.63) is 24.5 Å². The predicted molar refractivity (Wildman–Crippen MR) is 99.2 cm³/mol. The van der Waals surface area contributed by atoms with E-state index in [-0.39, 0.29) is 41.5 Å². The van der Waals surface area contributed by atoms with Gasteiger partial charge in [-0.05, 0) is 30.9 Å². The fourth-order valence-corrected chi connectivity index (χ4v) is 4.15. The standard InChI is InChI=1S/C20H22N4O4/c1-2-18(26)24-14(16-8-5-9-28-16)11-17(23-24)21-22-19-15(25)10-12-6-3-4-7-13(12)20(19)27/h5,8-9,11-13,19H,2-4,6-7,10H2,1H3. The van der Waals surface area contributed by atoms with Crippen molar-refractivity contribution in [2.45, 2.75) is 51.5 Å². The van der Waals surface area contributed by atoms with Gasteiger partial charge in [0.25, 0.3) is 0 Å². The molecule has 0 amide bonds. The van der Waals surface area contributed by atoms with Crippen LogP contribution >= 0.6 is 0 Å². The van der Waals surface area contributed by atoms with Crippen LogP contribution in [0.2, 0.25) is 0 Å². The van der Waals surface area contributed by atoms with Crippen LogP contribution in [0.3, 0.4) is 0 Å². The molecule has 0 saturated heterocycles. The molecule has 8 nitrogen and oxygen atoms in total. The Labute approximate surface area is 162 Å². The molecule has 146 valence electrons. The summed E-state index contributed by atoms with van der Waals surface area (Å²) in [6.45, 7) is 1.73. The van der Waals surface area contributed by atoms with E-state index in [2.05, 4.69) is 15.3 Å². The van der Waals surface area contributed by atoms with Gasteiger partial charge < -0.3 is 4.42 Å². The Balaban J connectivity index is 1.60. The van der Waals surface area contributed by atoms with Crippen LogP contribution in [0.4, 0.5) is 5.82 Å². The minimum absolute atomic E-state index is 0.0895. The van der Waals surface area contributed by atoms with Crippen LogP contribution in [0.25, 0.3) is 11.5 Å². The maximum absolute atomic E-state index is 12.7. The molecule has 2 saturated carbocycles. The Bertz CT molecular complexity index is 928. The first kappa shape index (κ1) is 18.5. The van der Waals surface area contributed by atoms with Crippen LogP contribution in [0.1, 0.15) is 50.2 Å². The van der Waals surface area contributed by atoms with Gasteiger partial charge in [-0.1, -0.05) is 19.8 Å². The van der Waals surface area contributed by atoms with Crippen LogP contribution < -0.4 is 0 Å². The van der Waals surface area contributed by atoms with E-state index < -0.39 is 6.04 Å². The molecule has 0 aliphatic heterocycles. The highest BCUT2D eigenvalue weighted by atomic mass is 16.3. The molecule has 0 radical (unpaired) electrons. The second-order valence-electron chi connectivity index (χ2n) is 7.37. The maximum Gasteiger partial charge on any atom is 0.247 e. The lowest BCUT2D eigenvalue weighted by molar-refractivity contribution is -0.138. The van der Waals surface area contributed by atoms with Gasteiger partial charge in [0.1, 0.15) is 5.69 Å². The Kier molecular flexibility index (Phi) is 5.02. The van der Waals surface area contributed by atoms with E-state index in [9.17, 15) is 14.4 Å². The first-order chi connectivity index (χ1) is 13.6. The maximum atomic E-state index is 12.7. The lowest BCUT2D eigenvalue weighted by atomic mass is 9.68. The molecule has 2 aromatic heterocycles. The molecular formula is C20H22N4O4. The summed E-state index contributed by atoms with van der Waals surface area (Å²) in [4.78, 5) is 37.3. The monoisotopic (exact) mass is 382 g/mol. The lowest BCUT2D eigenvalue weighted by Crippen LogP contribution is -2.45. The number of fused-ring (bicyclic) bond motifs is 1. The molecule has 2 aliphatic carbocycles. The van der Waals surface area contributed by atoms with E-state index in [1.54, 1.807) is 25.1 Å². The van der Waals surface area contributed by atoms with Gasteiger partial charge in [-0.2, -0.15) is 9.80 Å². The molecule has 0 spiro atoms. The van der Waals surface area contributed by atoms with Crippen LogP contribution in [0.15, 0.2) is 39.1 Å². The molecule has 2 aromatic rings. The second kappa shape index (κ2) is 7.61. The highest BCUT2D eigenvalue weighted by molar-refractivity contribution is 6.09. The summed E-state index contributed by atoms with van der Waals surface area (Å²) in [6, 6.07) is 3.94. The Morgan fingerprint density at radius 2 is 2.14 bits per heavy atom. The number of ketones is 2. The van der Waals surface area contributed by atoms with Gasteiger partial charge in [-0.25, -0.2) is 0 Å². The predicted octanol–water partition coefficient (Wildman–Crippen LogP) is 3.99. The van der Waals surface area contributed by atoms with Crippen molar-refractivity contribution in [1.82, 2.24) is 9.78 Å². The van der Waals surface area contributed by atoms with Gasteiger partial charge in [0, 0.05) is 24.8 Å². The largest absolute Gasteiger partial charge is 0.463 e. The molecule has 0 N–H and O–H groups in total. The third-order valence-corrected chi connectivity index (χ3v) is 5.60. The first-order valence-corrected chi connectivity index (χ1v) is 9.73. The number of nitrogens with zero attached hydrogens (tertiary/aromatic N) is 4. The quantitative estimate of drug-likeness (QED) is 0.587. The fraction of sp³-hybridized carbons (Fsp3) is 0.500. The molecule has 2 fully saturated rings. The lowest BCUT2D eigenvalue weighted by Gasteiger charge is -2.35. The average molecular weight is 382 g/mol. The molecule has 4 rings (SSSR count). The van der Waals surface area contributed by atoms with E-state index in [0.717, 1.165) is 25.7 Å². The van der Waals surface area contributed by atoms with Gasteiger partial charge in [-0.15, -0.1) is 10.2 Å². The highest BCUT2D eigenvalue weighted by Gasteiger charge is 2.44. The third kappa shape index (κ3) is 3.34. The minimum atomic E-state index is -1.06. The number of hydrogen-bond donors (Lipinski definition) is 0. The van der Waals surface area contributed by atoms with Crippen molar-refractivity contribution in [2.75, 3.05) is 0 Å². The van der Waals surface area contributed by atoms with Crippen molar-refractivity contribution in [1.29, 1.82) is 0 Å². The van der Waals surface area contributed by atoms with E-state index >= 15 is 0 Å². The van der Waals surface area contributed by atoms with Crippen LogP contribution in [0.5, 0.6) is 0 Å². The number of carbonyl (C=O) groups is 3. The number of hydrogen-bond acceptors (Lipinski definition) is 7. The Morgan fingerprint density at radius 3 is 2.89 bits per heavy atom. The highest BCUT2D eigenvalue weighted by Crippen LogP contribution is 2.38. The minimum Gasteiger partial charge on any atom is -0.463 e. The van der Waals surface area contributed by atoms with Crippen molar-refractivity contribution >= 4 is 23.3 Å². The summed E-state index contributed by atoms with van der Waals surface area (Å²) in [5.41, 5.74) is 0.458. The van der Waals surface area contributed by atoms with Crippen LogP contribution in [0, 0.1) is 11.8 Å². The molecule has 28 heavy (non-hydrogen) atoms. The summed E-state index contributed by atoms with van der Waals surface area (Å²) in [5.74, 6) is 0.195. The summed E-state index contributed by atoms with van der Waals surface area (Å²) >= 11 is 0. The summed E-state index contributed by atoms with van der Waals surface area (Å²) in [6.07, 6.45) is 6.00. The zero-order chi connectivity index (χ0) is 19.7. The van der Waals surface area contributed by atoms with Gasteiger partial charge in [0.05, 0.1) is 6.26 Å². The number of azo groups is 1. The van der Waals surface area contributed by atoms with Gasteiger partial charge >= 0.3 is 0 Å². The number of aromatic nitrogens is 2. The second-order valence-corrected chi connectivity index (χ2v) is 7.37. The summed E-state index contributed by atoms with van der Waals surface area (Å²) in [7, 11) is 0. The third-order valence-electron chi connectivity index (χ3n) is 5.60. The number of carbonyl (C=O) groups excluding carboxylic acids is 3. The van der Waals surface area contributed by atoms with E-state index in [0.29, 0.717) is 17.9 Å². The molecule has 0 bridgehead atoms. The van der Waals surface area contributed by atoms with Crippen molar-refractivity contribution in [3.8, 4) is 11.5 Å². The first-order valence-electron chi connectivity index (χ1n) is 9.73. The molecule has 3 unspecified atom stereocenters. The SMILES string of the molecule is CCC(=O)n1nc(N=NC2C(=O)CC3CCCCC3C2=O)cc1-c1ccco1. The number of furan rings is 1. The fourth-order valence-electron chi connectivity index (χ4n) is 4.15. The van der Waals surface area contributed by atoms with E-state index in [4.69, 9.17) is 4.42 Å². The topological polar surface area (TPSA) is 107 Å². The molecule has 3 atom stereocenters. The van der Waals surface area contributed by atoms with Gasteiger partial charge in [-0.3, -0.25) is 14.4 Å². The zero-order valence-electron chi connectivity index (χ0n) is 15.7. The van der Waals surface area contributed by atoms with Crippen molar-refractivity contribution in [2.24, 2.45) is 22.1 Å². The Morgan fingerprint density at radius 1 is 1.32 bits per heavy atom. The molecule has 0 aromatic carbocycles. The van der Waals surface area contributed by atoms with Gasteiger partial charge in [0.2, 0.25) is 5.91 Å². The average Bonchev–Trinajstić information content (AvgIpc) is 3.37. The molecular weight excluding hydrogens is 360 g/mol. The van der Waals surface area contributed by atoms with E-state index in [1.807, 2.05) is 0 Å². The van der Waals surface area contributed by atoms with Crippen molar-refractivity contribution in [3.63, 3.8) is 0 Å². The van der Waals surface area contributed by atoms with Crippen LogP contribution in [-0.4, -0.2) is 33.3 Å². The van der Waals surface area contributed by atoms with Crippen LogP contribution in [-0.2, 0) is 9.59 Å². The smallest absolute Gasteiger partial charge is 0.247 e. The molecule has 2 aliphatic rings. The molecule has 2 heterocycles.